The first kappa shape index (κ1) is 10.9. The molecule has 1 fully saturated rings. The molecular formula is C12H16ClNO. The first-order chi connectivity index (χ1) is 7.27. The number of rotatable bonds is 2. The zero-order valence-corrected chi connectivity index (χ0v) is 9.37. The van der Waals surface area contributed by atoms with Gasteiger partial charge in [0.05, 0.1) is 6.10 Å². The third-order valence-electron chi connectivity index (χ3n) is 3.04. The van der Waals surface area contributed by atoms with Gasteiger partial charge in [-0.15, -0.1) is 0 Å². The number of halogens is 1. The maximum atomic E-state index is 10.2. The Labute approximate surface area is 95.3 Å². The van der Waals surface area contributed by atoms with Gasteiger partial charge < -0.3 is 10.4 Å². The Morgan fingerprint density at radius 1 is 1.20 bits per heavy atom. The van der Waals surface area contributed by atoms with Crippen LogP contribution in [0.5, 0.6) is 0 Å². The van der Waals surface area contributed by atoms with Gasteiger partial charge in [-0.3, -0.25) is 0 Å². The van der Waals surface area contributed by atoms with E-state index in [1.54, 1.807) is 0 Å². The molecule has 1 aliphatic rings. The van der Waals surface area contributed by atoms with Crippen molar-refractivity contribution < 1.29 is 5.11 Å². The van der Waals surface area contributed by atoms with Crippen LogP contribution in [0.15, 0.2) is 24.3 Å². The summed E-state index contributed by atoms with van der Waals surface area (Å²) in [5.41, 5.74) is 0.978. The first-order valence-corrected chi connectivity index (χ1v) is 5.79. The van der Waals surface area contributed by atoms with Crippen molar-refractivity contribution in [3.8, 4) is 0 Å². The smallest absolute Gasteiger partial charge is 0.0819 e. The molecule has 0 radical (unpaired) electrons. The van der Waals surface area contributed by atoms with Crippen molar-refractivity contribution in [2.45, 2.75) is 18.9 Å². The number of piperidine rings is 1. The summed E-state index contributed by atoms with van der Waals surface area (Å²) in [5, 5.41) is 14.2. The largest absolute Gasteiger partial charge is 0.388 e. The summed E-state index contributed by atoms with van der Waals surface area (Å²) < 4.78 is 0. The van der Waals surface area contributed by atoms with E-state index in [1.807, 2.05) is 24.3 Å². The Balaban J connectivity index is 2.05. The lowest BCUT2D eigenvalue weighted by molar-refractivity contribution is 0.0889. The highest BCUT2D eigenvalue weighted by atomic mass is 35.5. The number of hydrogen-bond acceptors (Lipinski definition) is 2. The van der Waals surface area contributed by atoms with E-state index in [2.05, 4.69) is 5.32 Å². The zero-order chi connectivity index (χ0) is 10.7. The van der Waals surface area contributed by atoms with Gasteiger partial charge in [-0.05, 0) is 49.5 Å². The van der Waals surface area contributed by atoms with Crippen LogP contribution >= 0.6 is 11.6 Å². The van der Waals surface area contributed by atoms with E-state index in [4.69, 9.17) is 11.6 Å². The van der Waals surface area contributed by atoms with Crippen LogP contribution in [0.3, 0.4) is 0 Å². The number of nitrogens with one attached hydrogen (secondary N) is 1. The maximum Gasteiger partial charge on any atom is 0.0819 e. The first-order valence-electron chi connectivity index (χ1n) is 5.41. The van der Waals surface area contributed by atoms with E-state index in [1.165, 1.54) is 0 Å². The molecule has 0 amide bonds. The molecule has 1 aliphatic heterocycles. The minimum absolute atomic E-state index is 0.343. The summed E-state index contributed by atoms with van der Waals surface area (Å²) in [4.78, 5) is 0. The molecular weight excluding hydrogens is 210 g/mol. The van der Waals surface area contributed by atoms with Crippen LogP contribution < -0.4 is 5.32 Å². The molecule has 0 saturated carbocycles. The van der Waals surface area contributed by atoms with Crippen molar-refractivity contribution in [2.24, 2.45) is 5.92 Å². The highest BCUT2D eigenvalue weighted by Crippen LogP contribution is 2.29. The van der Waals surface area contributed by atoms with Crippen LogP contribution in [0.4, 0.5) is 0 Å². The summed E-state index contributed by atoms with van der Waals surface area (Å²) in [7, 11) is 0. The van der Waals surface area contributed by atoms with Crippen LogP contribution in [-0.4, -0.2) is 18.2 Å². The molecule has 1 aromatic rings. The summed E-state index contributed by atoms with van der Waals surface area (Å²) in [6.45, 7) is 2.02. The van der Waals surface area contributed by atoms with Crippen molar-refractivity contribution in [3.05, 3.63) is 34.9 Å². The van der Waals surface area contributed by atoms with Gasteiger partial charge in [-0.25, -0.2) is 0 Å². The lowest BCUT2D eigenvalue weighted by atomic mass is 9.88. The maximum absolute atomic E-state index is 10.2. The second kappa shape index (κ2) is 4.97. The van der Waals surface area contributed by atoms with Crippen molar-refractivity contribution >= 4 is 11.6 Å². The van der Waals surface area contributed by atoms with Crippen LogP contribution in [0.2, 0.25) is 5.02 Å². The summed E-state index contributed by atoms with van der Waals surface area (Å²) in [6.07, 6.45) is 1.75. The fourth-order valence-electron chi connectivity index (χ4n) is 2.09. The normalized spacial score (nSPS) is 20.1. The molecule has 0 aromatic heterocycles. The van der Waals surface area contributed by atoms with Crippen LogP contribution in [0.1, 0.15) is 24.5 Å². The number of benzene rings is 1. The van der Waals surface area contributed by atoms with Gasteiger partial charge >= 0.3 is 0 Å². The van der Waals surface area contributed by atoms with Crippen molar-refractivity contribution in [2.75, 3.05) is 13.1 Å². The van der Waals surface area contributed by atoms with Crippen LogP contribution in [-0.2, 0) is 0 Å². The van der Waals surface area contributed by atoms with Gasteiger partial charge in [-0.2, -0.15) is 0 Å². The van der Waals surface area contributed by atoms with Gasteiger partial charge in [0.1, 0.15) is 0 Å². The molecule has 2 nitrogen and oxygen atoms in total. The van der Waals surface area contributed by atoms with Gasteiger partial charge in [0.2, 0.25) is 0 Å². The molecule has 2 N–H and O–H groups in total. The topological polar surface area (TPSA) is 32.3 Å². The van der Waals surface area contributed by atoms with E-state index in [-0.39, 0.29) is 6.10 Å². The predicted octanol–water partition coefficient (Wildman–Crippen LogP) is 2.37. The quantitative estimate of drug-likeness (QED) is 0.810. The van der Waals surface area contributed by atoms with E-state index in [0.717, 1.165) is 36.5 Å². The van der Waals surface area contributed by atoms with Gasteiger partial charge in [0.15, 0.2) is 0 Å². The fourth-order valence-corrected chi connectivity index (χ4v) is 2.22. The number of aliphatic hydroxyl groups is 1. The van der Waals surface area contributed by atoms with E-state index < -0.39 is 0 Å². The second-order valence-corrected chi connectivity index (χ2v) is 4.52. The van der Waals surface area contributed by atoms with Crippen molar-refractivity contribution in [1.29, 1.82) is 0 Å². The fraction of sp³-hybridized carbons (Fsp3) is 0.500. The third-order valence-corrected chi connectivity index (χ3v) is 3.29. The Morgan fingerprint density at radius 3 is 2.40 bits per heavy atom. The SMILES string of the molecule is O[C@H](c1ccc(Cl)cc1)C1CCNCC1. The molecule has 1 aromatic carbocycles. The minimum Gasteiger partial charge on any atom is -0.388 e. The molecule has 2 rings (SSSR count). The lowest BCUT2D eigenvalue weighted by Gasteiger charge is -2.27. The van der Waals surface area contributed by atoms with Crippen LogP contribution in [0, 0.1) is 5.92 Å². The third kappa shape index (κ3) is 2.71. The van der Waals surface area contributed by atoms with E-state index in [9.17, 15) is 5.11 Å². The predicted molar refractivity (Wildman–Crippen MR) is 62.0 cm³/mol. The minimum atomic E-state index is -0.343. The van der Waals surface area contributed by atoms with Gasteiger partial charge in [0, 0.05) is 5.02 Å². The van der Waals surface area contributed by atoms with E-state index >= 15 is 0 Å². The molecule has 0 aliphatic carbocycles. The number of aliphatic hydroxyl groups excluding tert-OH is 1. The van der Waals surface area contributed by atoms with Crippen molar-refractivity contribution in [1.82, 2.24) is 5.32 Å². The molecule has 3 heteroatoms. The second-order valence-electron chi connectivity index (χ2n) is 4.08. The highest BCUT2D eigenvalue weighted by Gasteiger charge is 2.22. The highest BCUT2D eigenvalue weighted by molar-refractivity contribution is 6.30. The van der Waals surface area contributed by atoms with Crippen molar-refractivity contribution in [3.63, 3.8) is 0 Å². The molecule has 0 spiro atoms. The average Bonchev–Trinajstić information content (AvgIpc) is 2.30. The zero-order valence-electron chi connectivity index (χ0n) is 8.62. The summed E-state index contributed by atoms with van der Waals surface area (Å²) >= 11 is 5.81. The Hall–Kier alpha value is -0.570. The molecule has 1 atom stereocenters. The average molecular weight is 226 g/mol. The molecule has 82 valence electrons. The summed E-state index contributed by atoms with van der Waals surface area (Å²) in [5.74, 6) is 0.382. The Kier molecular flexibility index (Phi) is 3.62. The van der Waals surface area contributed by atoms with Gasteiger partial charge in [-0.1, -0.05) is 23.7 Å². The molecule has 0 unspecified atom stereocenters. The summed E-state index contributed by atoms with van der Waals surface area (Å²) in [6, 6.07) is 7.49. The van der Waals surface area contributed by atoms with Gasteiger partial charge in [0.25, 0.3) is 0 Å². The standard InChI is InChI=1S/C12H16ClNO/c13-11-3-1-9(2-4-11)12(15)10-5-7-14-8-6-10/h1-4,10,12,14-15H,5-8H2/t12-/m1/s1. The Morgan fingerprint density at radius 2 is 1.80 bits per heavy atom. The van der Waals surface area contributed by atoms with E-state index in [0.29, 0.717) is 5.92 Å². The van der Waals surface area contributed by atoms with Crippen LogP contribution in [0.25, 0.3) is 0 Å². The molecule has 0 bridgehead atoms. The molecule has 1 heterocycles. The Bertz CT molecular complexity index is 306. The lowest BCUT2D eigenvalue weighted by Crippen LogP contribution is -2.30. The number of hydrogen-bond donors (Lipinski definition) is 2. The monoisotopic (exact) mass is 225 g/mol. The molecule has 1 saturated heterocycles. The molecule has 15 heavy (non-hydrogen) atoms.